The molecule has 0 aliphatic rings. The molecule has 26 heavy (non-hydrogen) atoms. The second-order valence-electron chi connectivity index (χ2n) is 6.11. The number of esters is 1. The van der Waals surface area contributed by atoms with Crippen LogP contribution in [0.5, 0.6) is 11.5 Å². The second-order valence-corrected chi connectivity index (χ2v) is 6.11. The van der Waals surface area contributed by atoms with Crippen LogP contribution < -0.4 is 9.47 Å². The van der Waals surface area contributed by atoms with Crippen LogP contribution in [0.15, 0.2) is 72.8 Å². The van der Waals surface area contributed by atoms with Gasteiger partial charge in [-0.05, 0) is 73.5 Å². The summed E-state index contributed by atoms with van der Waals surface area (Å²) in [5, 5.41) is 0. The summed E-state index contributed by atoms with van der Waals surface area (Å²) in [4.78, 5) is 12.2. The Morgan fingerprint density at radius 2 is 1.27 bits per heavy atom. The molecule has 0 aromatic heterocycles. The Labute approximate surface area is 152 Å². The minimum absolute atomic E-state index is 0.0763. The summed E-state index contributed by atoms with van der Waals surface area (Å²) in [5.41, 5.74) is 2.26. The zero-order valence-corrected chi connectivity index (χ0v) is 14.6. The molecule has 0 heterocycles. The molecule has 0 radical (unpaired) electrons. The van der Waals surface area contributed by atoms with Crippen molar-refractivity contribution in [2.75, 3.05) is 0 Å². The van der Waals surface area contributed by atoms with Crippen LogP contribution in [0.4, 0.5) is 4.39 Å². The Kier molecular flexibility index (Phi) is 5.32. The number of halogens is 1. The molecule has 0 saturated carbocycles. The zero-order chi connectivity index (χ0) is 18.5. The zero-order valence-electron chi connectivity index (χ0n) is 14.6. The minimum Gasteiger partial charge on any atom is -0.491 e. The van der Waals surface area contributed by atoms with Gasteiger partial charge in [0.15, 0.2) is 0 Å². The first kappa shape index (κ1) is 17.7. The molecule has 3 aromatic rings. The predicted octanol–water partition coefficient (Wildman–Crippen LogP) is 5.50. The molecular formula is C22H19FO3. The lowest BCUT2D eigenvalue weighted by Gasteiger charge is -2.10. The molecule has 4 heteroatoms. The number of hydrogen-bond acceptors (Lipinski definition) is 3. The Bertz CT molecular complexity index is 867. The van der Waals surface area contributed by atoms with Crippen LogP contribution in [0.1, 0.15) is 24.2 Å². The molecule has 3 rings (SSSR count). The number of rotatable bonds is 5. The monoisotopic (exact) mass is 350 g/mol. The maximum atomic E-state index is 13.0. The molecule has 0 fully saturated rings. The lowest BCUT2D eigenvalue weighted by Crippen LogP contribution is -2.09. The highest BCUT2D eigenvalue weighted by Crippen LogP contribution is 2.23. The summed E-state index contributed by atoms with van der Waals surface area (Å²) in [6.45, 7) is 3.88. The van der Waals surface area contributed by atoms with Gasteiger partial charge in [-0.2, -0.15) is 0 Å². The van der Waals surface area contributed by atoms with Crippen molar-refractivity contribution >= 4 is 5.97 Å². The van der Waals surface area contributed by atoms with Crippen molar-refractivity contribution in [2.24, 2.45) is 0 Å². The quantitative estimate of drug-likeness (QED) is 0.450. The highest BCUT2D eigenvalue weighted by Gasteiger charge is 2.09. The van der Waals surface area contributed by atoms with Crippen LogP contribution in [0.3, 0.4) is 0 Å². The lowest BCUT2D eigenvalue weighted by molar-refractivity contribution is 0.0734. The third-order valence-electron chi connectivity index (χ3n) is 3.70. The van der Waals surface area contributed by atoms with Crippen molar-refractivity contribution in [3.8, 4) is 22.6 Å². The molecule has 0 spiro atoms. The van der Waals surface area contributed by atoms with Gasteiger partial charge < -0.3 is 9.47 Å². The van der Waals surface area contributed by atoms with Crippen LogP contribution in [0.2, 0.25) is 0 Å². The van der Waals surface area contributed by atoms with Crippen LogP contribution in [0, 0.1) is 5.82 Å². The van der Waals surface area contributed by atoms with Crippen LogP contribution >= 0.6 is 0 Å². The average Bonchev–Trinajstić information content (AvgIpc) is 2.63. The molecule has 0 aliphatic heterocycles. The van der Waals surface area contributed by atoms with Crippen LogP contribution in [-0.4, -0.2) is 12.1 Å². The fraction of sp³-hybridized carbons (Fsp3) is 0.136. The van der Waals surface area contributed by atoms with E-state index in [0.29, 0.717) is 17.1 Å². The summed E-state index contributed by atoms with van der Waals surface area (Å²) in [6, 6.07) is 20.2. The summed E-state index contributed by atoms with van der Waals surface area (Å²) in [7, 11) is 0. The smallest absolute Gasteiger partial charge is 0.343 e. The molecule has 0 unspecified atom stereocenters. The fourth-order valence-electron chi connectivity index (χ4n) is 2.47. The first-order valence-electron chi connectivity index (χ1n) is 8.36. The summed E-state index contributed by atoms with van der Waals surface area (Å²) < 4.78 is 23.9. The second kappa shape index (κ2) is 7.83. The van der Waals surface area contributed by atoms with E-state index in [1.165, 1.54) is 12.1 Å². The molecule has 0 saturated heterocycles. The van der Waals surface area contributed by atoms with Gasteiger partial charge in [0.25, 0.3) is 0 Å². The Morgan fingerprint density at radius 3 is 1.81 bits per heavy atom. The van der Waals surface area contributed by atoms with Crippen molar-refractivity contribution in [3.63, 3.8) is 0 Å². The van der Waals surface area contributed by atoms with Gasteiger partial charge in [0, 0.05) is 0 Å². The minimum atomic E-state index is -0.435. The molecule has 0 atom stereocenters. The van der Waals surface area contributed by atoms with E-state index in [1.54, 1.807) is 48.5 Å². The highest BCUT2D eigenvalue weighted by molar-refractivity contribution is 5.91. The van der Waals surface area contributed by atoms with E-state index >= 15 is 0 Å². The van der Waals surface area contributed by atoms with Gasteiger partial charge in [-0.1, -0.05) is 24.3 Å². The number of carbonyl (C=O) groups is 1. The molecule has 3 nitrogen and oxygen atoms in total. The van der Waals surface area contributed by atoms with E-state index in [2.05, 4.69) is 0 Å². The van der Waals surface area contributed by atoms with Crippen LogP contribution in [-0.2, 0) is 0 Å². The van der Waals surface area contributed by atoms with E-state index in [-0.39, 0.29) is 11.9 Å². The van der Waals surface area contributed by atoms with E-state index in [9.17, 15) is 9.18 Å². The number of benzene rings is 3. The predicted molar refractivity (Wildman–Crippen MR) is 99.0 cm³/mol. The number of carbonyl (C=O) groups excluding carboxylic acids is 1. The van der Waals surface area contributed by atoms with Crippen molar-refractivity contribution < 1.29 is 18.7 Å². The average molecular weight is 350 g/mol. The molecule has 132 valence electrons. The Balaban J connectivity index is 1.66. The number of hydrogen-bond donors (Lipinski definition) is 0. The molecule has 0 aliphatic carbocycles. The first-order chi connectivity index (χ1) is 12.5. The summed E-state index contributed by atoms with van der Waals surface area (Å²) >= 11 is 0. The van der Waals surface area contributed by atoms with E-state index in [1.807, 2.05) is 26.0 Å². The molecule has 3 aromatic carbocycles. The standard InChI is InChI=1S/C22H19FO3/c1-15(2)25-20-13-7-18(8-14-20)22(24)26-21-11-5-17(6-12-21)16-3-9-19(23)10-4-16/h3-15H,1-2H3. The summed E-state index contributed by atoms with van der Waals surface area (Å²) in [6.07, 6.45) is 0.0763. The largest absolute Gasteiger partial charge is 0.491 e. The van der Waals surface area contributed by atoms with Crippen molar-refractivity contribution in [3.05, 3.63) is 84.2 Å². The molecule has 0 amide bonds. The third-order valence-corrected chi connectivity index (χ3v) is 3.70. The van der Waals surface area contributed by atoms with Crippen molar-refractivity contribution in [2.45, 2.75) is 20.0 Å². The molecule has 0 N–H and O–H groups in total. The van der Waals surface area contributed by atoms with E-state index in [4.69, 9.17) is 9.47 Å². The summed E-state index contributed by atoms with van der Waals surface area (Å²) in [5.74, 6) is 0.448. The van der Waals surface area contributed by atoms with E-state index < -0.39 is 5.97 Å². The van der Waals surface area contributed by atoms with Crippen LogP contribution in [0.25, 0.3) is 11.1 Å². The maximum Gasteiger partial charge on any atom is 0.343 e. The van der Waals surface area contributed by atoms with E-state index in [0.717, 1.165) is 11.1 Å². The van der Waals surface area contributed by atoms with Gasteiger partial charge in [0.1, 0.15) is 17.3 Å². The third kappa shape index (κ3) is 4.48. The van der Waals surface area contributed by atoms with Crippen molar-refractivity contribution in [1.29, 1.82) is 0 Å². The van der Waals surface area contributed by atoms with Gasteiger partial charge >= 0.3 is 5.97 Å². The van der Waals surface area contributed by atoms with Gasteiger partial charge in [0.05, 0.1) is 11.7 Å². The van der Waals surface area contributed by atoms with Crippen molar-refractivity contribution in [1.82, 2.24) is 0 Å². The molecular weight excluding hydrogens is 331 g/mol. The van der Waals surface area contributed by atoms with Gasteiger partial charge in [-0.3, -0.25) is 0 Å². The maximum absolute atomic E-state index is 13.0. The number of ether oxygens (including phenoxy) is 2. The normalized spacial score (nSPS) is 10.6. The highest BCUT2D eigenvalue weighted by atomic mass is 19.1. The lowest BCUT2D eigenvalue weighted by atomic mass is 10.1. The SMILES string of the molecule is CC(C)Oc1ccc(C(=O)Oc2ccc(-c3ccc(F)cc3)cc2)cc1. The topological polar surface area (TPSA) is 35.5 Å². The molecule has 0 bridgehead atoms. The van der Waals surface area contributed by atoms with Gasteiger partial charge in [0.2, 0.25) is 0 Å². The van der Waals surface area contributed by atoms with Gasteiger partial charge in [-0.15, -0.1) is 0 Å². The Morgan fingerprint density at radius 1 is 0.769 bits per heavy atom. The van der Waals surface area contributed by atoms with Gasteiger partial charge in [-0.25, -0.2) is 9.18 Å². The first-order valence-corrected chi connectivity index (χ1v) is 8.36. The fourth-order valence-corrected chi connectivity index (χ4v) is 2.47. The Hall–Kier alpha value is -3.14.